The van der Waals surface area contributed by atoms with Gasteiger partial charge in [-0.15, -0.1) is 0 Å². The molecule has 1 amide bonds. The summed E-state index contributed by atoms with van der Waals surface area (Å²) in [4.78, 5) is 14.4. The summed E-state index contributed by atoms with van der Waals surface area (Å²) < 4.78 is 12.8. The molecule has 0 spiro atoms. The number of hydrogen-bond acceptors (Lipinski definition) is 3. The molecule has 4 nitrogen and oxygen atoms in total. The van der Waals surface area contributed by atoms with Crippen molar-refractivity contribution >= 4 is 11.6 Å². The van der Waals surface area contributed by atoms with Crippen molar-refractivity contribution in [2.45, 2.75) is 38.1 Å². The summed E-state index contributed by atoms with van der Waals surface area (Å²) in [6.45, 7) is 1.88. The van der Waals surface area contributed by atoms with Crippen LogP contribution in [0.2, 0.25) is 0 Å². The summed E-state index contributed by atoms with van der Waals surface area (Å²) in [5.41, 5.74) is 6.21. The molecule has 1 fully saturated rings. The Balaban J connectivity index is 1.88. The van der Waals surface area contributed by atoms with Crippen molar-refractivity contribution in [1.82, 2.24) is 4.90 Å². The molecule has 0 atom stereocenters. The molecule has 0 saturated heterocycles. The molecule has 1 aliphatic rings. The molecular weight excluding hydrogens is 269 g/mol. The minimum absolute atomic E-state index is 0.0504. The number of nitrogens with one attached hydrogen (secondary N) is 1. The van der Waals surface area contributed by atoms with E-state index in [4.69, 9.17) is 5.73 Å². The van der Waals surface area contributed by atoms with Crippen LogP contribution in [0.1, 0.15) is 32.1 Å². The van der Waals surface area contributed by atoms with E-state index in [2.05, 4.69) is 10.2 Å². The molecule has 0 radical (unpaired) electrons. The van der Waals surface area contributed by atoms with Gasteiger partial charge in [-0.2, -0.15) is 0 Å². The minimum Gasteiger partial charge on any atom is -0.330 e. The quantitative estimate of drug-likeness (QED) is 0.811. The van der Waals surface area contributed by atoms with Crippen LogP contribution in [0.5, 0.6) is 0 Å². The summed E-state index contributed by atoms with van der Waals surface area (Å²) in [7, 11) is 0. The molecule has 1 aromatic carbocycles. The highest BCUT2D eigenvalue weighted by Crippen LogP contribution is 2.23. The standard InChI is InChI=1S/C16H24FN3O/c17-13-6-8-14(9-7-13)19-16(21)12-20(11-3-10-18)15-4-1-2-5-15/h6-9,15H,1-5,10-12,18H2,(H,19,21). The first-order valence-electron chi connectivity index (χ1n) is 7.68. The van der Waals surface area contributed by atoms with Gasteiger partial charge in [0.15, 0.2) is 0 Å². The Bertz CT molecular complexity index is 443. The number of rotatable bonds is 7. The molecule has 5 heteroatoms. The summed E-state index contributed by atoms with van der Waals surface area (Å²) in [6.07, 6.45) is 5.70. The molecule has 2 rings (SSSR count). The summed E-state index contributed by atoms with van der Waals surface area (Å²) in [5, 5.41) is 2.82. The third-order valence-electron chi connectivity index (χ3n) is 3.97. The van der Waals surface area contributed by atoms with Gasteiger partial charge in [-0.3, -0.25) is 9.69 Å². The smallest absolute Gasteiger partial charge is 0.238 e. The Morgan fingerprint density at radius 2 is 1.95 bits per heavy atom. The van der Waals surface area contributed by atoms with Gasteiger partial charge in [0.1, 0.15) is 5.82 Å². The number of nitrogens with two attached hydrogens (primary N) is 1. The zero-order chi connectivity index (χ0) is 15.1. The molecule has 1 aromatic rings. The van der Waals surface area contributed by atoms with E-state index in [0.29, 0.717) is 24.8 Å². The van der Waals surface area contributed by atoms with E-state index in [-0.39, 0.29) is 11.7 Å². The molecule has 0 heterocycles. The van der Waals surface area contributed by atoms with Crippen molar-refractivity contribution in [3.05, 3.63) is 30.1 Å². The van der Waals surface area contributed by atoms with E-state index in [1.165, 1.54) is 25.0 Å². The normalized spacial score (nSPS) is 15.6. The lowest BCUT2D eigenvalue weighted by molar-refractivity contribution is -0.117. The van der Waals surface area contributed by atoms with Crippen LogP contribution in [0.25, 0.3) is 0 Å². The van der Waals surface area contributed by atoms with Gasteiger partial charge in [0.05, 0.1) is 6.54 Å². The molecule has 3 N–H and O–H groups in total. The maximum atomic E-state index is 12.8. The number of halogens is 1. The molecule has 0 bridgehead atoms. The van der Waals surface area contributed by atoms with Crippen molar-refractivity contribution < 1.29 is 9.18 Å². The first-order valence-corrected chi connectivity index (χ1v) is 7.68. The fourth-order valence-electron chi connectivity index (χ4n) is 2.87. The lowest BCUT2D eigenvalue weighted by atomic mass is 10.2. The van der Waals surface area contributed by atoms with Crippen molar-refractivity contribution in [2.75, 3.05) is 25.0 Å². The van der Waals surface area contributed by atoms with Gasteiger partial charge in [0.25, 0.3) is 0 Å². The summed E-state index contributed by atoms with van der Waals surface area (Å²) in [6, 6.07) is 6.34. The first-order chi connectivity index (χ1) is 10.2. The predicted octanol–water partition coefficient (Wildman–Crippen LogP) is 2.36. The topological polar surface area (TPSA) is 58.4 Å². The number of hydrogen-bond donors (Lipinski definition) is 2. The molecular formula is C16H24FN3O. The van der Waals surface area contributed by atoms with Crippen molar-refractivity contribution in [2.24, 2.45) is 5.73 Å². The fraction of sp³-hybridized carbons (Fsp3) is 0.562. The summed E-state index contributed by atoms with van der Waals surface area (Å²) >= 11 is 0. The van der Waals surface area contributed by atoms with Crippen molar-refractivity contribution in [1.29, 1.82) is 0 Å². The Morgan fingerprint density at radius 3 is 2.57 bits per heavy atom. The minimum atomic E-state index is -0.302. The number of carbonyl (C=O) groups excluding carboxylic acids is 1. The molecule has 1 saturated carbocycles. The van der Waals surface area contributed by atoms with Gasteiger partial charge in [-0.25, -0.2) is 4.39 Å². The van der Waals surface area contributed by atoms with Crippen LogP contribution in [-0.4, -0.2) is 36.5 Å². The van der Waals surface area contributed by atoms with Crippen molar-refractivity contribution in [3.8, 4) is 0 Å². The number of carbonyl (C=O) groups is 1. The van der Waals surface area contributed by atoms with Gasteiger partial charge in [0, 0.05) is 18.3 Å². The third kappa shape index (κ3) is 5.10. The van der Waals surface area contributed by atoms with E-state index >= 15 is 0 Å². The molecule has 1 aliphatic carbocycles. The molecule has 0 aromatic heterocycles. The van der Waals surface area contributed by atoms with E-state index in [1.54, 1.807) is 12.1 Å². The SMILES string of the molecule is NCCCN(CC(=O)Nc1ccc(F)cc1)C1CCCC1. The fourth-order valence-corrected chi connectivity index (χ4v) is 2.87. The van der Waals surface area contributed by atoms with Gasteiger partial charge >= 0.3 is 0 Å². The van der Waals surface area contributed by atoms with Crippen LogP contribution in [0.15, 0.2) is 24.3 Å². The average Bonchev–Trinajstić information content (AvgIpc) is 3.00. The van der Waals surface area contributed by atoms with E-state index in [9.17, 15) is 9.18 Å². The van der Waals surface area contributed by atoms with Crippen LogP contribution >= 0.6 is 0 Å². The number of amides is 1. The first kappa shape index (κ1) is 15.9. The zero-order valence-corrected chi connectivity index (χ0v) is 12.4. The monoisotopic (exact) mass is 293 g/mol. The second-order valence-corrected chi connectivity index (χ2v) is 5.61. The predicted molar refractivity (Wildman–Crippen MR) is 82.5 cm³/mol. The van der Waals surface area contributed by atoms with Crippen LogP contribution in [-0.2, 0) is 4.79 Å². The Kier molecular flexibility index (Phi) is 6.14. The highest BCUT2D eigenvalue weighted by atomic mass is 19.1. The Morgan fingerprint density at radius 1 is 1.29 bits per heavy atom. The van der Waals surface area contributed by atoms with Gasteiger partial charge < -0.3 is 11.1 Å². The zero-order valence-electron chi connectivity index (χ0n) is 12.4. The molecule has 0 unspecified atom stereocenters. The number of anilines is 1. The highest BCUT2D eigenvalue weighted by molar-refractivity contribution is 5.92. The van der Waals surface area contributed by atoms with E-state index in [1.807, 2.05) is 0 Å². The third-order valence-corrected chi connectivity index (χ3v) is 3.97. The molecule has 116 valence electrons. The van der Waals surface area contributed by atoms with E-state index in [0.717, 1.165) is 25.8 Å². The summed E-state index contributed by atoms with van der Waals surface area (Å²) in [5.74, 6) is -0.353. The average molecular weight is 293 g/mol. The molecule has 21 heavy (non-hydrogen) atoms. The van der Waals surface area contributed by atoms with Crippen LogP contribution in [0.3, 0.4) is 0 Å². The van der Waals surface area contributed by atoms with E-state index < -0.39 is 0 Å². The highest BCUT2D eigenvalue weighted by Gasteiger charge is 2.23. The lowest BCUT2D eigenvalue weighted by Crippen LogP contribution is -2.40. The number of nitrogens with zero attached hydrogens (tertiary/aromatic N) is 1. The largest absolute Gasteiger partial charge is 0.330 e. The van der Waals surface area contributed by atoms with Crippen molar-refractivity contribution in [3.63, 3.8) is 0 Å². The Labute approximate surface area is 125 Å². The molecule has 0 aliphatic heterocycles. The maximum Gasteiger partial charge on any atom is 0.238 e. The van der Waals surface area contributed by atoms with Gasteiger partial charge in [0.2, 0.25) is 5.91 Å². The Hall–Kier alpha value is -1.46. The second-order valence-electron chi connectivity index (χ2n) is 5.61. The lowest BCUT2D eigenvalue weighted by Gasteiger charge is -2.28. The second kappa shape index (κ2) is 8.10. The van der Waals surface area contributed by atoms with Crippen LogP contribution in [0, 0.1) is 5.82 Å². The van der Waals surface area contributed by atoms with Crippen LogP contribution in [0.4, 0.5) is 10.1 Å². The van der Waals surface area contributed by atoms with Crippen LogP contribution < -0.4 is 11.1 Å². The number of benzene rings is 1. The van der Waals surface area contributed by atoms with Gasteiger partial charge in [-0.1, -0.05) is 12.8 Å². The maximum absolute atomic E-state index is 12.8. The van der Waals surface area contributed by atoms with Gasteiger partial charge in [-0.05, 0) is 50.1 Å².